The van der Waals surface area contributed by atoms with Gasteiger partial charge in [0.05, 0.1) is 12.8 Å². The Morgan fingerprint density at radius 2 is 1.69 bits per heavy atom. The number of allylic oxidation sites excluding steroid dienone is 6. The molecule has 0 aromatic carbocycles. The number of nitrogens with zero attached hydrogens (tertiary/aromatic N) is 1. The highest BCUT2D eigenvalue weighted by atomic mass is 16.5. The smallest absolute Gasteiger partial charge is 0.308 e. The van der Waals surface area contributed by atoms with E-state index in [0.29, 0.717) is 24.0 Å². The van der Waals surface area contributed by atoms with Crippen LogP contribution in [0.3, 0.4) is 0 Å². The van der Waals surface area contributed by atoms with Crippen LogP contribution in [0.25, 0.3) is 0 Å². The lowest BCUT2D eigenvalue weighted by atomic mass is 9.94. The monoisotopic (exact) mass is 497 g/mol. The fourth-order valence-electron chi connectivity index (χ4n) is 3.93. The van der Waals surface area contributed by atoms with Crippen LogP contribution in [0.15, 0.2) is 53.2 Å². The first-order valence-electron chi connectivity index (χ1n) is 12.4. The van der Waals surface area contributed by atoms with Gasteiger partial charge in [-0.25, -0.2) is 4.98 Å². The molecule has 0 aliphatic rings. The van der Waals surface area contributed by atoms with E-state index in [4.69, 9.17) is 14.2 Å². The zero-order chi connectivity index (χ0) is 27.4. The molecular weight excluding hydrogens is 454 g/mol. The largest absolute Gasteiger partial charge is 0.481 e. The molecule has 1 heterocycles. The van der Waals surface area contributed by atoms with Gasteiger partial charge in [0.1, 0.15) is 11.9 Å². The molecule has 6 heteroatoms. The third kappa shape index (κ3) is 11.1. The molecule has 0 amide bonds. The van der Waals surface area contributed by atoms with E-state index >= 15 is 0 Å². The van der Waals surface area contributed by atoms with Crippen LogP contribution in [0, 0.1) is 18.8 Å². The molecular formula is C30H43NO5. The minimum absolute atomic E-state index is 0.0544. The Labute approximate surface area is 217 Å². The van der Waals surface area contributed by atoms with Gasteiger partial charge in [-0.1, -0.05) is 62.3 Å². The molecule has 6 nitrogen and oxygen atoms in total. The summed E-state index contributed by atoms with van der Waals surface area (Å²) in [7, 11) is 1.54. The molecule has 1 rings (SSSR count). The lowest BCUT2D eigenvalue weighted by Crippen LogP contribution is -2.25. The van der Waals surface area contributed by atoms with Gasteiger partial charge < -0.3 is 14.2 Å². The average molecular weight is 498 g/mol. The van der Waals surface area contributed by atoms with Gasteiger partial charge in [-0.2, -0.15) is 0 Å². The maximum absolute atomic E-state index is 11.6. The predicted molar refractivity (Wildman–Crippen MR) is 145 cm³/mol. The number of pyridine rings is 1. The van der Waals surface area contributed by atoms with Crippen LogP contribution >= 0.6 is 0 Å². The summed E-state index contributed by atoms with van der Waals surface area (Å²) in [6.07, 6.45) is 11.7. The standard InChI is InChI=1S/C30H43NO5/c1-19(2)16-22(5)30(36-26(9)33)23(6)17-21(4)13-11-12-20(3)14-15-27-24(7)28(35-25(8)32)18-29(31-27)34-10/h11,13-14,16-19,23,30H,12,15H2,1-10H3/b13-11+,20-14+,21-17+,22-16+. The minimum Gasteiger partial charge on any atom is -0.481 e. The number of esters is 2. The number of aromatic nitrogens is 1. The van der Waals surface area contributed by atoms with Crippen LogP contribution in [0.4, 0.5) is 0 Å². The Morgan fingerprint density at radius 1 is 1.03 bits per heavy atom. The molecule has 0 radical (unpaired) electrons. The fraction of sp³-hybridized carbons (Fsp3) is 0.500. The summed E-state index contributed by atoms with van der Waals surface area (Å²) in [5.74, 6) is 0.676. The molecule has 198 valence electrons. The van der Waals surface area contributed by atoms with E-state index in [9.17, 15) is 9.59 Å². The van der Waals surface area contributed by atoms with Crippen molar-refractivity contribution in [1.29, 1.82) is 0 Å². The average Bonchev–Trinajstić information content (AvgIpc) is 2.76. The lowest BCUT2D eigenvalue weighted by Gasteiger charge is -2.23. The highest BCUT2D eigenvalue weighted by Gasteiger charge is 2.20. The van der Waals surface area contributed by atoms with E-state index in [0.717, 1.165) is 28.8 Å². The first kappa shape index (κ1) is 30.9. The van der Waals surface area contributed by atoms with Gasteiger partial charge in [0.2, 0.25) is 5.88 Å². The molecule has 2 unspecified atom stereocenters. The predicted octanol–water partition coefficient (Wildman–Crippen LogP) is 6.88. The fourth-order valence-corrected chi connectivity index (χ4v) is 3.93. The van der Waals surface area contributed by atoms with Crippen LogP contribution in [-0.2, 0) is 20.7 Å². The van der Waals surface area contributed by atoms with Crippen molar-refractivity contribution in [3.05, 3.63) is 64.4 Å². The van der Waals surface area contributed by atoms with Gasteiger partial charge in [0.25, 0.3) is 0 Å². The molecule has 36 heavy (non-hydrogen) atoms. The number of ether oxygens (including phenoxy) is 3. The van der Waals surface area contributed by atoms with Crippen molar-refractivity contribution in [3.63, 3.8) is 0 Å². The van der Waals surface area contributed by atoms with Crippen molar-refractivity contribution in [2.75, 3.05) is 7.11 Å². The van der Waals surface area contributed by atoms with Crippen molar-refractivity contribution in [2.45, 2.75) is 81.3 Å². The molecule has 1 aromatic rings. The second kappa shape index (κ2) is 15.1. The Balaban J connectivity index is 2.90. The Hall–Kier alpha value is -3.15. The van der Waals surface area contributed by atoms with E-state index < -0.39 is 0 Å². The highest BCUT2D eigenvalue weighted by Crippen LogP contribution is 2.26. The second-order valence-electron chi connectivity index (χ2n) is 9.64. The van der Waals surface area contributed by atoms with Gasteiger partial charge in [-0.05, 0) is 45.6 Å². The van der Waals surface area contributed by atoms with Crippen LogP contribution in [0.1, 0.15) is 73.1 Å². The molecule has 0 fully saturated rings. The van der Waals surface area contributed by atoms with Gasteiger partial charge in [0, 0.05) is 37.8 Å². The van der Waals surface area contributed by atoms with Crippen LogP contribution in [0.5, 0.6) is 11.6 Å². The number of methoxy groups -OCH3 is 1. The summed E-state index contributed by atoms with van der Waals surface area (Å²) in [6.45, 7) is 17.2. The topological polar surface area (TPSA) is 74.7 Å². The second-order valence-corrected chi connectivity index (χ2v) is 9.64. The molecule has 0 saturated heterocycles. The summed E-state index contributed by atoms with van der Waals surface area (Å²) < 4.78 is 16.2. The van der Waals surface area contributed by atoms with E-state index in [2.05, 4.69) is 70.0 Å². The molecule has 0 aliphatic carbocycles. The van der Waals surface area contributed by atoms with E-state index in [1.807, 2.05) is 13.8 Å². The van der Waals surface area contributed by atoms with Gasteiger partial charge >= 0.3 is 11.9 Å². The van der Waals surface area contributed by atoms with Gasteiger partial charge in [-0.3, -0.25) is 9.59 Å². The van der Waals surface area contributed by atoms with Crippen LogP contribution < -0.4 is 9.47 Å². The quantitative estimate of drug-likeness (QED) is 0.178. The zero-order valence-corrected chi connectivity index (χ0v) is 23.6. The summed E-state index contributed by atoms with van der Waals surface area (Å²) in [4.78, 5) is 27.6. The lowest BCUT2D eigenvalue weighted by molar-refractivity contribution is -0.146. The molecule has 0 N–H and O–H groups in total. The first-order valence-corrected chi connectivity index (χ1v) is 12.4. The minimum atomic E-state index is -0.378. The number of rotatable bonds is 12. The third-order valence-electron chi connectivity index (χ3n) is 5.57. The first-order chi connectivity index (χ1) is 16.8. The molecule has 1 aromatic heterocycles. The van der Waals surface area contributed by atoms with Crippen LogP contribution in [-0.4, -0.2) is 30.1 Å². The van der Waals surface area contributed by atoms with E-state index in [1.165, 1.54) is 26.5 Å². The Kier molecular flexibility index (Phi) is 12.9. The van der Waals surface area contributed by atoms with Crippen molar-refractivity contribution >= 4 is 11.9 Å². The van der Waals surface area contributed by atoms with Crippen molar-refractivity contribution in [2.24, 2.45) is 11.8 Å². The summed E-state index contributed by atoms with van der Waals surface area (Å²) in [5.41, 5.74) is 5.00. The third-order valence-corrected chi connectivity index (χ3v) is 5.57. The molecule has 0 spiro atoms. The molecule has 0 saturated carbocycles. The molecule has 0 bridgehead atoms. The Bertz CT molecular complexity index is 1030. The van der Waals surface area contributed by atoms with Gasteiger partial charge in [0.15, 0.2) is 0 Å². The number of carbonyl (C=O) groups is 2. The maximum Gasteiger partial charge on any atom is 0.308 e. The summed E-state index contributed by atoms with van der Waals surface area (Å²) in [6, 6.07) is 1.63. The number of hydrogen-bond donors (Lipinski definition) is 0. The van der Waals surface area contributed by atoms with Crippen molar-refractivity contribution in [1.82, 2.24) is 4.98 Å². The number of carbonyl (C=O) groups excluding carboxylic acids is 2. The summed E-state index contributed by atoms with van der Waals surface area (Å²) in [5, 5.41) is 0. The SMILES string of the molecule is COc1cc(OC(C)=O)c(C)c(C/C=C(\C)C/C=C/C(C)=C/C(C)C(OC(C)=O)/C(C)=C/C(C)C)n1. The normalized spacial score (nSPS) is 14.7. The van der Waals surface area contributed by atoms with Crippen molar-refractivity contribution < 1.29 is 23.8 Å². The van der Waals surface area contributed by atoms with Crippen molar-refractivity contribution in [3.8, 4) is 11.6 Å². The van der Waals surface area contributed by atoms with E-state index in [-0.39, 0.29) is 24.0 Å². The highest BCUT2D eigenvalue weighted by molar-refractivity contribution is 5.70. The zero-order valence-electron chi connectivity index (χ0n) is 23.6. The number of hydrogen-bond acceptors (Lipinski definition) is 6. The summed E-state index contributed by atoms with van der Waals surface area (Å²) >= 11 is 0. The van der Waals surface area contributed by atoms with Crippen LogP contribution in [0.2, 0.25) is 0 Å². The molecule has 2 atom stereocenters. The van der Waals surface area contributed by atoms with E-state index in [1.54, 1.807) is 6.07 Å². The molecule has 0 aliphatic heterocycles. The maximum atomic E-state index is 11.6. The van der Waals surface area contributed by atoms with Gasteiger partial charge in [-0.15, -0.1) is 0 Å². The Morgan fingerprint density at radius 3 is 2.25 bits per heavy atom.